The average molecular weight is 298 g/mol. The normalized spacial score (nSPS) is 13.6. The number of hydrogen-bond acceptors (Lipinski definition) is 4. The molecule has 20 heavy (non-hydrogen) atoms. The van der Waals surface area contributed by atoms with Gasteiger partial charge in [0.15, 0.2) is 5.96 Å². The predicted octanol–water partition coefficient (Wildman–Crippen LogP) is 0.551. The molecule has 1 aromatic heterocycles. The average Bonchev–Trinajstić information content (AvgIpc) is 2.83. The number of guanidine groups is 1. The Kier molecular flexibility index (Phi) is 7.46. The molecule has 114 valence electrons. The molecule has 0 aliphatic rings. The molecule has 7 heteroatoms. The number of nitrogens with one attached hydrogen (secondary N) is 2. The third kappa shape index (κ3) is 5.42. The number of likely N-dealkylation sites (N-methyl/N-ethyl adjacent to an activating group) is 1. The Morgan fingerprint density at radius 3 is 2.75 bits per heavy atom. The lowest BCUT2D eigenvalue weighted by Gasteiger charge is -2.24. The second kappa shape index (κ2) is 8.86. The third-order valence-electron chi connectivity index (χ3n) is 3.02. The van der Waals surface area contributed by atoms with Crippen LogP contribution in [-0.4, -0.2) is 66.9 Å². The Labute approximate surface area is 126 Å². The summed E-state index contributed by atoms with van der Waals surface area (Å²) in [5, 5.41) is 10.9. The molecule has 0 saturated carbocycles. The Balaban J connectivity index is 2.54. The van der Waals surface area contributed by atoms with Crippen molar-refractivity contribution in [2.75, 3.05) is 46.2 Å². The van der Waals surface area contributed by atoms with Gasteiger partial charge in [-0.25, -0.2) is 0 Å². The molecule has 6 nitrogen and oxygen atoms in total. The summed E-state index contributed by atoms with van der Waals surface area (Å²) in [5.74, 6) is 1.91. The number of hydrogen-bond donors (Lipinski definition) is 2. The molecule has 0 aromatic carbocycles. The maximum atomic E-state index is 4.24. The lowest BCUT2D eigenvalue weighted by Crippen LogP contribution is -2.42. The van der Waals surface area contributed by atoms with Crippen LogP contribution in [0, 0.1) is 0 Å². The van der Waals surface area contributed by atoms with Gasteiger partial charge in [0.05, 0.1) is 12.2 Å². The van der Waals surface area contributed by atoms with Crippen LogP contribution >= 0.6 is 11.8 Å². The van der Waals surface area contributed by atoms with Crippen LogP contribution in [0.25, 0.3) is 0 Å². The summed E-state index contributed by atoms with van der Waals surface area (Å²) >= 11 is 1.82. The van der Waals surface area contributed by atoms with Crippen LogP contribution in [0.15, 0.2) is 17.4 Å². The molecule has 2 N–H and O–H groups in total. The first-order valence-electron chi connectivity index (χ1n) is 6.67. The molecular weight excluding hydrogens is 272 g/mol. The van der Waals surface area contributed by atoms with Gasteiger partial charge in [-0.1, -0.05) is 0 Å². The van der Waals surface area contributed by atoms with Crippen molar-refractivity contribution in [2.24, 2.45) is 12.0 Å². The largest absolute Gasteiger partial charge is 0.356 e. The van der Waals surface area contributed by atoms with E-state index < -0.39 is 0 Å². The summed E-state index contributed by atoms with van der Waals surface area (Å²) in [6.45, 7) is 1.71. The van der Waals surface area contributed by atoms with Crippen molar-refractivity contribution in [1.82, 2.24) is 25.3 Å². The van der Waals surface area contributed by atoms with Crippen LogP contribution in [0.5, 0.6) is 0 Å². The van der Waals surface area contributed by atoms with Gasteiger partial charge in [0.1, 0.15) is 0 Å². The summed E-state index contributed by atoms with van der Waals surface area (Å²) in [6.07, 6.45) is 6.06. The van der Waals surface area contributed by atoms with E-state index in [-0.39, 0.29) is 6.04 Å². The van der Waals surface area contributed by atoms with E-state index in [1.807, 2.05) is 29.7 Å². The van der Waals surface area contributed by atoms with Crippen LogP contribution in [-0.2, 0) is 7.05 Å². The lowest BCUT2D eigenvalue weighted by atomic mass is 10.1. The number of rotatable bonds is 7. The molecule has 1 atom stereocenters. The molecule has 0 spiro atoms. The summed E-state index contributed by atoms with van der Waals surface area (Å²) in [5.41, 5.74) is 1.20. The summed E-state index contributed by atoms with van der Waals surface area (Å²) in [4.78, 5) is 6.42. The van der Waals surface area contributed by atoms with Crippen molar-refractivity contribution in [2.45, 2.75) is 6.04 Å². The number of aryl methyl sites for hydroxylation is 1. The first-order chi connectivity index (χ1) is 9.58. The standard InChI is InChI=1S/C13H26N6S/c1-14-13(15-6-7-20-5)16-9-12(18(2)3)11-8-17-19(4)10-11/h8,10,12H,6-7,9H2,1-5H3,(H2,14,15,16). The minimum absolute atomic E-state index is 0.266. The quantitative estimate of drug-likeness (QED) is 0.437. The zero-order valence-corrected chi connectivity index (χ0v) is 13.9. The van der Waals surface area contributed by atoms with Crippen molar-refractivity contribution in [3.8, 4) is 0 Å². The minimum atomic E-state index is 0.266. The van der Waals surface area contributed by atoms with Crippen LogP contribution in [0.4, 0.5) is 0 Å². The highest BCUT2D eigenvalue weighted by Crippen LogP contribution is 2.15. The van der Waals surface area contributed by atoms with Crippen molar-refractivity contribution < 1.29 is 0 Å². The Bertz CT molecular complexity index is 415. The first-order valence-corrected chi connectivity index (χ1v) is 8.06. The van der Waals surface area contributed by atoms with Crippen LogP contribution < -0.4 is 10.6 Å². The van der Waals surface area contributed by atoms with E-state index in [1.165, 1.54) is 5.56 Å². The number of nitrogens with zero attached hydrogens (tertiary/aromatic N) is 4. The summed E-state index contributed by atoms with van der Waals surface area (Å²) in [6, 6.07) is 0.266. The molecule has 0 aliphatic carbocycles. The first kappa shape index (κ1) is 16.8. The van der Waals surface area contributed by atoms with Gasteiger partial charge in [-0.3, -0.25) is 9.67 Å². The molecule has 1 aromatic rings. The molecule has 0 bridgehead atoms. The van der Waals surface area contributed by atoms with Gasteiger partial charge < -0.3 is 15.5 Å². The topological polar surface area (TPSA) is 57.5 Å². The Morgan fingerprint density at radius 2 is 2.25 bits per heavy atom. The molecule has 0 saturated heterocycles. The van der Waals surface area contributed by atoms with Gasteiger partial charge >= 0.3 is 0 Å². The number of thioether (sulfide) groups is 1. The van der Waals surface area contributed by atoms with Crippen LogP contribution in [0.2, 0.25) is 0 Å². The fourth-order valence-electron chi connectivity index (χ4n) is 1.90. The predicted molar refractivity (Wildman–Crippen MR) is 87.4 cm³/mol. The number of aromatic nitrogens is 2. The van der Waals surface area contributed by atoms with Crippen LogP contribution in [0.3, 0.4) is 0 Å². The maximum Gasteiger partial charge on any atom is 0.191 e. The van der Waals surface area contributed by atoms with Gasteiger partial charge in [-0.05, 0) is 20.4 Å². The Morgan fingerprint density at radius 1 is 1.50 bits per heavy atom. The van der Waals surface area contributed by atoms with Crippen molar-refractivity contribution >= 4 is 17.7 Å². The summed E-state index contributed by atoms with van der Waals surface area (Å²) < 4.78 is 1.83. The highest BCUT2D eigenvalue weighted by Gasteiger charge is 2.16. The lowest BCUT2D eigenvalue weighted by molar-refractivity contribution is 0.298. The second-order valence-electron chi connectivity index (χ2n) is 4.80. The summed E-state index contributed by atoms with van der Waals surface area (Å²) in [7, 11) is 7.88. The van der Waals surface area contributed by atoms with Gasteiger partial charge in [0.25, 0.3) is 0 Å². The molecule has 1 rings (SSSR count). The van der Waals surface area contributed by atoms with E-state index in [1.54, 1.807) is 7.05 Å². The zero-order chi connectivity index (χ0) is 15.0. The smallest absolute Gasteiger partial charge is 0.191 e. The fourth-order valence-corrected chi connectivity index (χ4v) is 2.20. The van der Waals surface area contributed by atoms with E-state index in [0.29, 0.717) is 0 Å². The highest BCUT2D eigenvalue weighted by molar-refractivity contribution is 7.98. The monoisotopic (exact) mass is 298 g/mol. The van der Waals surface area contributed by atoms with Crippen molar-refractivity contribution in [3.05, 3.63) is 18.0 Å². The van der Waals surface area contributed by atoms with E-state index >= 15 is 0 Å². The molecule has 0 fully saturated rings. The minimum Gasteiger partial charge on any atom is -0.356 e. The molecule has 0 amide bonds. The van der Waals surface area contributed by atoms with Crippen LogP contribution in [0.1, 0.15) is 11.6 Å². The van der Waals surface area contributed by atoms with Crippen molar-refractivity contribution in [1.29, 1.82) is 0 Å². The number of aliphatic imine (C=N–C) groups is 1. The van der Waals surface area contributed by atoms with Gasteiger partial charge in [-0.2, -0.15) is 16.9 Å². The van der Waals surface area contributed by atoms with E-state index in [0.717, 1.165) is 24.8 Å². The molecule has 1 unspecified atom stereocenters. The zero-order valence-electron chi connectivity index (χ0n) is 13.1. The van der Waals surface area contributed by atoms with Gasteiger partial charge in [0, 0.05) is 44.7 Å². The molecule has 0 radical (unpaired) electrons. The van der Waals surface area contributed by atoms with Crippen molar-refractivity contribution in [3.63, 3.8) is 0 Å². The second-order valence-corrected chi connectivity index (χ2v) is 5.79. The SMILES string of the molecule is CN=C(NCCSC)NCC(c1cnn(C)c1)N(C)C. The van der Waals surface area contributed by atoms with E-state index in [2.05, 4.69) is 52.2 Å². The maximum absolute atomic E-state index is 4.24. The van der Waals surface area contributed by atoms with Gasteiger partial charge in [0.2, 0.25) is 0 Å². The third-order valence-corrected chi connectivity index (χ3v) is 3.63. The van der Waals surface area contributed by atoms with Gasteiger partial charge in [-0.15, -0.1) is 0 Å². The Hall–Kier alpha value is -1.21. The molecular formula is C13H26N6S. The molecule has 0 aliphatic heterocycles. The fraction of sp³-hybridized carbons (Fsp3) is 0.692. The van der Waals surface area contributed by atoms with E-state index in [9.17, 15) is 0 Å². The molecule has 1 heterocycles. The van der Waals surface area contributed by atoms with E-state index in [4.69, 9.17) is 0 Å². The highest BCUT2D eigenvalue weighted by atomic mass is 32.2.